The van der Waals surface area contributed by atoms with Gasteiger partial charge in [-0.25, -0.2) is 0 Å². The fraction of sp³-hybridized carbons (Fsp3) is 0.273. The molecule has 110 valence electrons. The van der Waals surface area contributed by atoms with E-state index in [0.717, 1.165) is 5.92 Å². The van der Waals surface area contributed by atoms with Crippen molar-refractivity contribution in [2.24, 2.45) is 11.8 Å². The Balaban J connectivity index is 1.78. The van der Waals surface area contributed by atoms with Gasteiger partial charge in [-0.3, -0.25) is 0 Å². The van der Waals surface area contributed by atoms with Crippen LogP contribution in [0.4, 0.5) is 0 Å². The highest BCUT2D eigenvalue weighted by molar-refractivity contribution is 5.39. The molecule has 1 fully saturated rings. The zero-order valence-electron chi connectivity index (χ0n) is 12.9. The van der Waals surface area contributed by atoms with Gasteiger partial charge in [-0.2, -0.15) is 0 Å². The van der Waals surface area contributed by atoms with Gasteiger partial charge in [-0.05, 0) is 42.2 Å². The summed E-state index contributed by atoms with van der Waals surface area (Å²) in [5.41, 5.74) is 4.59. The van der Waals surface area contributed by atoms with Gasteiger partial charge in [0, 0.05) is 5.92 Å². The largest absolute Gasteiger partial charge is 0.0839 e. The van der Waals surface area contributed by atoms with Gasteiger partial charge >= 0.3 is 0 Å². The van der Waals surface area contributed by atoms with Crippen LogP contribution >= 0.6 is 0 Å². The Labute approximate surface area is 133 Å². The number of hydrogen-bond donors (Lipinski definition) is 0. The van der Waals surface area contributed by atoms with E-state index in [0.29, 0.717) is 11.8 Å². The van der Waals surface area contributed by atoms with Crippen molar-refractivity contribution in [1.82, 2.24) is 0 Å². The maximum absolute atomic E-state index is 2.39. The van der Waals surface area contributed by atoms with Crippen molar-refractivity contribution in [1.29, 1.82) is 0 Å². The summed E-state index contributed by atoms with van der Waals surface area (Å²) in [6.45, 7) is 0. The summed E-state index contributed by atoms with van der Waals surface area (Å²) in [6, 6.07) is 22.1. The van der Waals surface area contributed by atoms with Gasteiger partial charge in [0.15, 0.2) is 0 Å². The molecule has 0 N–H and O–H groups in total. The molecular weight excluding hydrogens is 264 g/mol. The second-order valence-corrected chi connectivity index (χ2v) is 6.51. The lowest BCUT2D eigenvalue weighted by atomic mass is 9.76. The van der Waals surface area contributed by atoms with Crippen LogP contribution in [0, 0.1) is 11.8 Å². The van der Waals surface area contributed by atoms with Crippen LogP contribution < -0.4 is 0 Å². The van der Waals surface area contributed by atoms with Gasteiger partial charge in [-0.1, -0.05) is 84.5 Å². The van der Waals surface area contributed by atoms with Gasteiger partial charge in [-0.15, -0.1) is 0 Å². The average Bonchev–Trinajstić information content (AvgIpc) is 3.01. The van der Waals surface area contributed by atoms with E-state index in [-0.39, 0.29) is 0 Å². The molecule has 0 aromatic heterocycles. The maximum atomic E-state index is 2.39. The molecule has 0 aliphatic heterocycles. The minimum absolute atomic E-state index is 0.491. The third kappa shape index (κ3) is 2.43. The minimum atomic E-state index is 0.491. The third-order valence-corrected chi connectivity index (χ3v) is 5.29. The lowest BCUT2D eigenvalue weighted by Crippen LogP contribution is -2.15. The first-order valence-electron chi connectivity index (χ1n) is 8.40. The molecule has 0 heteroatoms. The molecule has 1 saturated carbocycles. The number of benzene rings is 2. The van der Waals surface area contributed by atoms with Crippen LogP contribution in [0.25, 0.3) is 0 Å². The zero-order chi connectivity index (χ0) is 14.8. The molecule has 0 amide bonds. The van der Waals surface area contributed by atoms with Gasteiger partial charge in [0.2, 0.25) is 0 Å². The number of allylic oxidation sites excluding steroid dienone is 4. The third-order valence-electron chi connectivity index (χ3n) is 5.29. The van der Waals surface area contributed by atoms with E-state index in [2.05, 4.69) is 78.9 Å². The van der Waals surface area contributed by atoms with Crippen molar-refractivity contribution >= 4 is 0 Å². The Hall–Kier alpha value is -2.08. The van der Waals surface area contributed by atoms with Crippen molar-refractivity contribution in [2.45, 2.75) is 25.2 Å². The molecule has 2 aromatic carbocycles. The van der Waals surface area contributed by atoms with Crippen molar-refractivity contribution in [2.75, 3.05) is 0 Å². The molecule has 22 heavy (non-hydrogen) atoms. The molecule has 0 radical (unpaired) electrons. The summed E-state index contributed by atoms with van der Waals surface area (Å²) in [6.07, 6.45) is 10.9. The van der Waals surface area contributed by atoms with Crippen LogP contribution in [0.15, 0.2) is 84.5 Å². The summed E-state index contributed by atoms with van der Waals surface area (Å²) in [5, 5.41) is 0. The average molecular weight is 286 g/mol. The highest BCUT2D eigenvalue weighted by Crippen LogP contribution is 2.49. The van der Waals surface area contributed by atoms with Crippen LogP contribution in [0.5, 0.6) is 0 Å². The molecule has 2 unspecified atom stereocenters. The SMILES string of the molecule is C1=CCC2CCC(C(c3ccccc3)c3ccccc3)C2=C1. The summed E-state index contributed by atoms with van der Waals surface area (Å²) < 4.78 is 0. The van der Waals surface area contributed by atoms with Crippen molar-refractivity contribution in [3.63, 3.8) is 0 Å². The van der Waals surface area contributed by atoms with E-state index >= 15 is 0 Å². The maximum Gasteiger partial charge on any atom is 0.0155 e. The van der Waals surface area contributed by atoms with E-state index in [1.54, 1.807) is 5.57 Å². The lowest BCUT2D eigenvalue weighted by Gasteiger charge is -2.28. The highest BCUT2D eigenvalue weighted by Gasteiger charge is 2.36. The summed E-state index contributed by atoms with van der Waals surface area (Å²) in [4.78, 5) is 0. The van der Waals surface area contributed by atoms with Gasteiger partial charge in [0.25, 0.3) is 0 Å². The summed E-state index contributed by atoms with van der Waals surface area (Å²) in [5.74, 6) is 1.93. The van der Waals surface area contributed by atoms with Gasteiger partial charge < -0.3 is 0 Å². The van der Waals surface area contributed by atoms with E-state index in [4.69, 9.17) is 0 Å². The van der Waals surface area contributed by atoms with Crippen LogP contribution in [0.3, 0.4) is 0 Å². The first-order valence-corrected chi connectivity index (χ1v) is 8.40. The smallest absolute Gasteiger partial charge is 0.0155 e. The number of rotatable bonds is 3. The van der Waals surface area contributed by atoms with Crippen LogP contribution in [0.1, 0.15) is 36.3 Å². The minimum Gasteiger partial charge on any atom is -0.0839 e. The molecule has 0 saturated heterocycles. The van der Waals surface area contributed by atoms with Gasteiger partial charge in [0.1, 0.15) is 0 Å². The summed E-state index contributed by atoms with van der Waals surface area (Å²) >= 11 is 0. The molecule has 2 aromatic rings. The summed E-state index contributed by atoms with van der Waals surface area (Å²) in [7, 11) is 0. The molecule has 0 heterocycles. The Kier molecular flexibility index (Phi) is 3.68. The fourth-order valence-corrected chi connectivity index (χ4v) is 4.29. The Morgan fingerprint density at radius 3 is 2.05 bits per heavy atom. The second kappa shape index (κ2) is 5.96. The number of fused-ring (bicyclic) bond motifs is 1. The molecule has 0 spiro atoms. The quantitative estimate of drug-likeness (QED) is 0.676. The van der Waals surface area contributed by atoms with E-state index in [1.165, 1.54) is 30.4 Å². The predicted octanol–water partition coefficient (Wildman–Crippen LogP) is 5.73. The first-order chi connectivity index (χ1) is 10.9. The molecular formula is C22H22. The van der Waals surface area contributed by atoms with Crippen LogP contribution in [0.2, 0.25) is 0 Å². The van der Waals surface area contributed by atoms with Crippen LogP contribution in [-0.2, 0) is 0 Å². The van der Waals surface area contributed by atoms with Crippen molar-refractivity contribution in [3.8, 4) is 0 Å². The lowest BCUT2D eigenvalue weighted by molar-refractivity contribution is 0.551. The van der Waals surface area contributed by atoms with Crippen molar-refractivity contribution < 1.29 is 0 Å². The first kappa shape index (κ1) is 13.6. The van der Waals surface area contributed by atoms with Gasteiger partial charge in [0.05, 0.1) is 0 Å². The van der Waals surface area contributed by atoms with E-state index in [1.807, 2.05) is 0 Å². The molecule has 2 aliphatic rings. The highest BCUT2D eigenvalue weighted by atomic mass is 14.4. The normalized spacial score (nSPS) is 23.4. The Morgan fingerprint density at radius 1 is 0.773 bits per heavy atom. The topological polar surface area (TPSA) is 0 Å². The second-order valence-electron chi connectivity index (χ2n) is 6.51. The fourth-order valence-electron chi connectivity index (χ4n) is 4.29. The molecule has 2 atom stereocenters. The molecule has 0 nitrogen and oxygen atoms in total. The standard InChI is InChI=1S/C22H22/c1-3-10-18(11-4-1)22(19-12-5-2-6-13-19)21-16-15-17-9-7-8-14-20(17)21/h1-8,10-14,17,21-22H,9,15-16H2. The van der Waals surface area contributed by atoms with E-state index in [9.17, 15) is 0 Å². The Bertz CT molecular complexity index is 639. The van der Waals surface area contributed by atoms with Crippen LogP contribution in [-0.4, -0.2) is 0 Å². The van der Waals surface area contributed by atoms with E-state index < -0.39 is 0 Å². The molecule has 2 aliphatic carbocycles. The predicted molar refractivity (Wildman–Crippen MR) is 92.8 cm³/mol. The molecule has 0 bridgehead atoms. The van der Waals surface area contributed by atoms with Crippen molar-refractivity contribution in [3.05, 3.63) is 95.6 Å². The molecule has 4 rings (SSSR count). The number of hydrogen-bond acceptors (Lipinski definition) is 0. The zero-order valence-corrected chi connectivity index (χ0v) is 12.9. The Morgan fingerprint density at radius 2 is 1.41 bits per heavy atom. The monoisotopic (exact) mass is 286 g/mol.